The highest BCUT2D eigenvalue weighted by Crippen LogP contribution is 2.37. The molecule has 0 aliphatic heterocycles. The van der Waals surface area contributed by atoms with Gasteiger partial charge in [-0.1, -0.05) is 29.7 Å². The summed E-state index contributed by atoms with van der Waals surface area (Å²) in [4.78, 5) is 20.8. The molecule has 1 heterocycles. The number of carbonyl (C=O) groups is 1. The Morgan fingerprint density at radius 3 is 2.63 bits per heavy atom. The Labute approximate surface area is 162 Å². The molecule has 0 unspecified atom stereocenters. The van der Waals surface area contributed by atoms with Gasteiger partial charge >= 0.3 is 0 Å². The standard InChI is InChI=1S/C21H18N2O3S/c1-14(24)6-4-7-15-8-5-9-16(10-15)27-21-17-11-19(25-2)20(26-3)12-18(17)22-13-23-21/h5,8-13H,6H2,1-3H3. The molecule has 1 aromatic heterocycles. The van der Waals surface area contributed by atoms with Crippen molar-refractivity contribution in [1.29, 1.82) is 0 Å². The molecule has 0 saturated heterocycles. The van der Waals surface area contributed by atoms with Crippen LogP contribution >= 0.6 is 11.8 Å². The summed E-state index contributed by atoms with van der Waals surface area (Å²) in [7, 11) is 3.20. The van der Waals surface area contributed by atoms with Crippen LogP contribution in [0.1, 0.15) is 18.9 Å². The molecule has 0 fully saturated rings. The molecular weight excluding hydrogens is 360 g/mol. The minimum absolute atomic E-state index is 0.0601. The lowest BCUT2D eigenvalue weighted by Gasteiger charge is -2.10. The van der Waals surface area contributed by atoms with Gasteiger partial charge in [0.2, 0.25) is 0 Å². The molecule has 136 valence electrons. The summed E-state index contributed by atoms with van der Waals surface area (Å²) in [5.74, 6) is 7.22. The number of Topliss-reactive ketones (excluding diaryl/α,β-unsaturated/α-hetero) is 1. The topological polar surface area (TPSA) is 61.3 Å². The average molecular weight is 378 g/mol. The van der Waals surface area contributed by atoms with Crippen molar-refractivity contribution in [2.24, 2.45) is 0 Å². The Balaban J connectivity index is 1.94. The van der Waals surface area contributed by atoms with E-state index in [0.717, 1.165) is 26.4 Å². The zero-order chi connectivity index (χ0) is 19.2. The first-order valence-corrected chi connectivity index (χ1v) is 9.05. The van der Waals surface area contributed by atoms with E-state index in [9.17, 15) is 4.79 Å². The van der Waals surface area contributed by atoms with Crippen LogP contribution in [-0.2, 0) is 4.79 Å². The Hall–Kier alpha value is -3.04. The van der Waals surface area contributed by atoms with Crippen molar-refractivity contribution >= 4 is 28.4 Å². The fourth-order valence-corrected chi connectivity index (χ4v) is 3.39. The first kappa shape index (κ1) is 18.7. The predicted molar refractivity (Wildman–Crippen MR) is 105 cm³/mol. The molecule has 6 heteroatoms. The predicted octanol–water partition coefficient (Wildman–Crippen LogP) is 4.13. The van der Waals surface area contributed by atoms with E-state index < -0.39 is 0 Å². The molecule has 0 spiro atoms. The van der Waals surface area contributed by atoms with E-state index in [1.54, 1.807) is 14.2 Å². The van der Waals surface area contributed by atoms with Crippen molar-refractivity contribution < 1.29 is 14.3 Å². The van der Waals surface area contributed by atoms with Gasteiger partial charge in [0.05, 0.1) is 26.2 Å². The van der Waals surface area contributed by atoms with Gasteiger partial charge in [-0.15, -0.1) is 0 Å². The molecular formula is C21H18N2O3S. The van der Waals surface area contributed by atoms with Crippen LogP contribution in [-0.4, -0.2) is 30.0 Å². The van der Waals surface area contributed by atoms with Crippen LogP contribution in [0.25, 0.3) is 10.9 Å². The molecule has 0 saturated carbocycles. The molecule has 0 bridgehead atoms. The minimum Gasteiger partial charge on any atom is -0.493 e. The second-order valence-corrected chi connectivity index (χ2v) is 6.78. The van der Waals surface area contributed by atoms with E-state index in [1.807, 2.05) is 36.4 Å². The molecule has 5 nitrogen and oxygen atoms in total. The van der Waals surface area contributed by atoms with Crippen molar-refractivity contribution in [3.05, 3.63) is 48.3 Å². The van der Waals surface area contributed by atoms with Crippen molar-refractivity contribution in [2.45, 2.75) is 23.3 Å². The van der Waals surface area contributed by atoms with E-state index in [2.05, 4.69) is 21.8 Å². The highest BCUT2D eigenvalue weighted by atomic mass is 32.2. The van der Waals surface area contributed by atoms with E-state index in [-0.39, 0.29) is 12.2 Å². The summed E-state index contributed by atoms with van der Waals surface area (Å²) in [5, 5.41) is 1.70. The van der Waals surface area contributed by atoms with Gasteiger partial charge in [-0.2, -0.15) is 0 Å². The number of nitrogens with zero attached hydrogens (tertiary/aromatic N) is 2. The lowest BCUT2D eigenvalue weighted by atomic mass is 10.2. The lowest BCUT2D eigenvalue weighted by Crippen LogP contribution is -1.93. The summed E-state index contributed by atoms with van der Waals surface area (Å²) < 4.78 is 10.7. The number of carbonyl (C=O) groups excluding carboxylic acids is 1. The second-order valence-electron chi connectivity index (χ2n) is 5.71. The Morgan fingerprint density at radius 2 is 1.89 bits per heavy atom. The normalized spacial score (nSPS) is 10.2. The number of ether oxygens (including phenoxy) is 2. The maximum atomic E-state index is 11.0. The monoisotopic (exact) mass is 378 g/mol. The largest absolute Gasteiger partial charge is 0.493 e. The van der Waals surface area contributed by atoms with Crippen LogP contribution in [0, 0.1) is 11.8 Å². The first-order chi connectivity index (χ1) is 13.1. The van der Waals surface area contributed by atoms with Gasteiger partial charge in [-0.05, 0) is 31.2 Å². The molecule has 0 N–H and O–H groups in total. The van der Waals surface area contributed by atoms with Gasteiger partial charge < -0.3 is 9.47 Å². The quantitative estimate of drug-likeness (QED) is 0.491. The number of methoxy groups -OCH3 is 2. The zero-order valence-electron chi connectivity index (χ0n) is 15.3. The maximum Gasteiger partial charge on any atom is 0.162 e. The molecule has 0 atom stereocenters. The van der Waals surface area contributed by atoms with Gasteiger partial charge in [-0.25, -0.2) is 9.97 Å². The Bertz CT molecular complexity index is 1050. The SMILES string of the molecule is COc1cc2ncnc(Sc3cccc(C#CCC(C)=O)c3)c2cc1OC. The van der Waals surface area contributed by atoms with Gasteiger partial charge in [0.15, 0.2) is 11.5 Å². The highest BCUT2D eigenvalue weighted by molar-refractivity contribution is 7.99. The van der Waals surface area contributed by atoms with E-state index in [0.29, 0.717) is 11.5 Å². The van der Waals surface area contributed by atoms with E-state index in [1.165, 1.54) is 25.0 Å². The van der Waals surface area contributed by atoms with Crippen molar-refractivity contribution in [2.75, 3.05) is 14.2 Å². The number of benzene rings is 2. The van der Waals surface area contributed by atoms with Crippen LogP contribution in [0.4, 0.5) is 0 Å². The summed E-state index contributed by atoms with van der Waals surface area (Å²) in [5.41, 5.74) is 1.64. The summed E-state index contributed by atoms with van der Waals surface area (Å²) >= 11 is 1.52. The second kappa shape index (κ2) is 8.56. The molecule has 0 radical (unpaired) electrons. The zero-order valence-corrected chi connectivity index (χ0v) is 16.1. The van der Waals surface area contributed by atoms with Gasteiger partial charge in [-0.3, -0.25) is 4.79 Å². The molecule has 27 heavy (non-hydrogen) atoms. The van der Waals surface area contributed by atoms with Crippen LogP contribution in [0.15, 0.2) is 52.6 Å². The van der Waals surface area contributed by atoms with Crippen LogP contribution in [0.3, 0.4) is 0 Å². The Kier molecular flexibility index (Phi) is 5.94. The molecule has 3 aromatic rings. The van der Waals surface area contributed by atoms with Gasteiger partial charge in [0, 0.05) is 21.9 Å². The first-order valence-electron chi connectivity index (χ1n) is 8.23. The fourth-order valence-electron chi connectivity index (χ4n) is 2.46. The Morgan fingerprint density at radius 1 is 1.11 bits per heavy atom. The molecule has 3 rings (SSSR count). The van der Waals surface area contributed by atoms with Gasteiger partial charge in [0.25, 0.3) is 0 Å². The minimum atomic E-state index is 0.0601. The third-order valence-corrected chi connectivity index (χ3v) is 4.73. The molecule has 0 aliphatic carbocycles. The van der Waals surface area contributed by atoms with E-state index in [4.69, 9.17) is 9.47 Å². The van der Waals surface area contributed by atoms with Crippen molar-refractivity contribution in [3.8, 4) is 23.3 Å². The molecule has 2 aromatic carbocycles. The summed E-state index contributed by atoms with van der Waals surface area (Å²) in [6.45, 7) is 1.53. The third kappa shape index (κ3) is 4.57. The van der Waals surface area contributed by atoms with Crippen LogP contribution < -0.4 is 9.47 Å². The summed E-state index contributed by atoms with van der Waals surface area (Å²) in [6, 6.07) is 11.6. The highest BCUT2D eigenvalue weighted by Gasteiger charge is 2.12. The van der Waals surface area contributed by atoms with Crippen molar-refractivity contribution in [1.82, 2.24) is 9.97 Å². The van der Waals surface area contributed by atoms with Crippen LogP contribution in [0.2, 0.25) is 0 Å². The fraction of sp³-hybridized carbons (Fsp3) is 0.190. The van der Waals surface area contributed by atoms with Crippen LogP contribution in [0.5, 0.6) is 11.5 Å². The number of hydrogen-bond donors (Lipinski definition) is 0. The van der Waals surface area contributed by atoms with Gasteiger partial charge in [0.1, 0.15) is 17.1 Å². The average Bonchev–Trinajstić information content (AvgIpc) is 2.67. The number of fused-ring (bicyclic) bond motifs is 1. The van der Waals surface area contributed by atoms with E-state index >= 15 is 0 Å². The van der Waals surface area contributed by atoms with Crippen molar-refractivity contribution in [3.63, 3.8) is 0 Å². The number of rotatable bonds is 5. The smallest absolute Gasteiger partial charge is 0.162 e. The third-order valence-electron chi connectivity index (χ3n) is 3.72. The summed E-state index contributed by atoms with van der Waals surface area (Å²) in [6.07, 6.45) is 1.79. The lowest BCUT2D eigenvalue weighted by molar-refractivity contribution is -0.116. The molecule has 0 aliphatic rings. The number of ketones is 1. The maximum absolute atomic E-state index is 11.0. The number of aromatic nitrogens is 2. The number of hydrogen-bond acceptors (Lipinski definition) is 6. The molecule has 0 amide bonds.